The number of carboxylic acid groups (broad SMARTS) is 1. The highest BCUT2D eigenvalue weighted by Crippen LogP contribution is 2.34. The summed E-state index contributed by atoms with van der Waals surface area (Å²) in [4.78, 5) is 40.9. The van der Waals surface area contributed by atoms with Gasteiger partial charge in [-0.3, -0.25) is 9.59 Å². The van der Waals surface area contributed by atoms with E-state index in [0.717, 1.165) is 0 Å². The van der Waals surface area contributed by atoms with Gasteiger partial charge in [-0.15, -0.1) is 0 Å². The molecule has 2 rings (SSSR count). The molecule has 2 heterocycles. The highest BCUT2D eigenvalue weighted by atomic mass is 16.4. The first-order valence-corrected chi connectivity index (χ1v) is 8.33. The van der Waals surface area contributed by atoms with E-state index in [9.17, 15) is 19.5 Å². The van der Waals surface area contributed by atoms with Crippen LogP contribution in [0.25, 0.3) is 0 Å². The number of hydrogen-bond donors (Lipinski definition) is 2. The standard InChI is InChI=1S/C17H26N4O4/c1-9(2)21-12(8-22)18-10(3)13(21)15(23)19-11-7-20(16(24)25)14(11)17(4,5)6/h8-9,11,14H,7H2,1-6H3,(H,19,23)(H,24,25). The molecule has 1 fully saturated rings. The summed E-state index contributed by atoms with van der Waals surface area (Å²) in [5.74, 6) is -0.123. The number of imidazole rings is 1. The number of nitrogens with one attached hydrogen (secondary N) is 1. The van der Waals surface area contributed by atoms with E-state index in [1.165, 1.54) is 4.90 Å². The van der Waals surface area contributed by atoms with Crippen LogP contribution in [0.5, 0.6) is 0 Å². The molecule has 2 amide bonds. The third-order valence-corrected chi connectivity index (χ3v) is 4.51. The topological polar surface area (TPSA) is 105 Å². The number of rotatable bonds is 4. The average Bonchev–Trinajstić information content (AvgIpc) is 2.77. The fraction of sp³-hybridized carbons (Fsp3) is 0.647. The van der Waals surface area contributed by atoms with Crippen LogP contribution in [0.15, 0.2) is 0 Å². The molecular formula is C17H26N4O4. The second-order valence-electron chi connectivity index (χ2n) is 7.81. The van der Waals surface area contributed by atoms with Crippen molar-refractivity contribution in [3.8, 4) is 0 Å². The summed E-state index contributed by atoms with van der Waals surface area (Å²) < 4.78 is 1.61. The van der Waals surface area contributed by atoms with E-state index in [4.69, 9.17) is 0 Å². The summed E-state index contributed by atoms with van der Waals surface area (Å²) in [5, 5.41) is 12.2. The lowest BCUT2D eigenvalue weighted by molar-refractivity contribution is -0.0108. The van der Waals surface area contributed by atoms with Crippen LogP contribution in [-0.2, 0) is 0 Å². The minimum atomic E-state index is -0.989. The van der Waals surface area contributed by atoms with E-state index in [0.29, 0.717) is 17.7 Å². The van der Waals surface area contributed by atoms with Gasteiger partial charge in [0.15, 0.2) is 12.1 Å². The van der Waals surface area contributed by atoms with Gasteiger partial charge in [-0.25, -0.2) is 9.78 Å². The normalized spacial score (nSPS) is 20.4. The molecular weight excluding hydrogens is 324 g/mol. The number of aldehydes is 1. The first-order chi connectivity index (χ1) is 11.5. The fourth-order valence-electron chi connectivity index (χ4n) is 3.58. The van der Waals surface area contributed by atoms with Gasteiger partial charge >= 0.3 is 6.09 Å². The molecule has 2 unspecified atom stereocenters. The molecule has 0 radical (unpaired) electrons. The van der Waals surface area contributed by atoms with Gasteiger partial charge < -0.3 is 19.9 Å². The van der Waals surface area contributed by atoms with Crippen LogP contribution < -0.4 is 5.32 Å². The monoisotopic (exact) mass is 350 g/mol. The Hall–Kier alpha value is -2.38. The van der Waals surface area contributed by atoms with Crippen LogP contribution >= 0.6 is 0 Å². The third-order valence-electron chi connectivity index (χ3n) is 4.51. The Bertz CT molecular complexity index is 702. The molecule has 0 spiro atoms. The van der Waals surface area contributed by atoms with Crippen molar-refractivity contribution in [1.82, 2.24) is 19.8 Å². The number of carbonyl (C=O) groups excluding carboxylic acids is 2. The molecule has 25 heavy (non-hydrogen) atoms. The zero-order valence-corrected chi connectivity index (χ0v) is 15.5. The lowest BCUT2D eigenvalue weighted by Crippen LogP contribution is -2.71. The molecule has 0 saturated carbocycles. The Labute approximate surface area is 147 Å². The zero-order valence-electron chi connectivity index (χ0n) is 15.5. The first kappa shape index (κ1) is 19.0. The van der Waals surface area contributed by atoms with Crippen molar-refractivity contribution in [2.75, 3.05) is 6.54 Å². The summed E-state index contributed by atoms with van der Waals surface area (Å²) in [7, 11) is 0. The number of aryl methyl sites for hydroxylation is 1. The molecule has 1 saturated heterocycles. The van der Waals surface area contributed by atoms with Crippen LogP contribution in [0, 0.1) is 12.3 Å². The average molecular weight is 350 g/mol. The van der Waals surface area contributed by atoms with E-state index in [1.807, 2.05) is 34.6 Å². The first-order valence-electron chi connectivity index (χ1n) is 8.33. The van der Waals surface area contributed by atoms with Crippen molar-refractivity contribution in [2.45, 2.75) is 59.7 Å². The number of carbonyl (C=O) groups is 3. The molecule has 0 bridgehead atoms. The van der Waals surface area contributed by atoms with Crippen molar-refractivity contribution in [3.63, 3.8) is 0 Å². The molecule has 1 aliphatic heterocycles. The molecule has 2 N–H and O–H groups in total. The molecule has 8 nitrogen and oxygen atoms in total. The van der Waals surface area contributed by atoms with Gasteiger partial charge in [0.2, 0.25) is 0 Å². The van der Waals surface area contributed by atoms with Crippen LogP contribution in [0.2, 0.25) is 0 Å². The molecule has 2 atom stereocenters. The quantitative estimate of drug-likeness (QED) is 0.809. The van der Waals surface area contributed by atoms with Crippen molar-refractivity contribution in [2.24, 2.45) is 5.41 Å². The van der Waals surface area contributed by atoms with E-state index in [1.54, 1.807) is 11.5 Å². The molecule has 1 aromatic rings. The van der Waals surface area contributed by atoms with E-state index in [2.05, 4.69) is 10.3 Å². The van der Waals surface area contributed by atoms with E-state index in [-0.39, 0.29) is 41.8 Å². The molecule has 0 aliphatic carbocycles. The smallest absolute Gasteiger partial charge is 0.407 e. The fourth-order valence-corrected chi connectivity index (χ4v) is 3.58. The maximum Gasteiger partial charge on any atom is 0.407 e. The van der Waals surface area contributed by atoms with Crippen molar-refractivity contribution in [3.05, 3.63) is 17.2 Å². The Morgan fingerprint density at radius 3 is 2.40 bits per heavy atom. The maximum absolute atomic E-state index is 12.8. The van der Waals surface area contributed by atoms with Gasteiger partial charge in [0, 0.05) is 12.6 Å². The van der Waals surface area contributed by atoms with Crippen molar-refractivity contribution in [1.29, 1.82) is 0 Å². The molecule has 1 aromatic heterocycles. The van der Waals surface area contributed by atoms with Crippen LogP contribution in [0.4, 0.5) is 4.79 Å². The second kappa shape index (κ2) is 6.50. The SMILES string of the molecule is Cc1nc(C=O)n(C(C)C)c1C(=O)NC1CN(C(=O)O)C1C(C)(C)C. The van der Waals surface area contributed by atoms with E-state index < -0.39 is 6.09 Å². The Morgan fingerprint density at radius 1 is 1.36 bits per heavy atom. The second-order valence-corrected chi connectivity index (χ2v) is 7.81. The highest BCUT2D eigenvalue weighted by molar-refractivity contribution is 5.95. The number of aromatic nitrogens is 2. The van der Waals surface area contributed by atoms with E-state index >= 15 is 0 Å². The van der Waals surface area contributed by atoms with Crippen LogP contribution in [0.1, 0.15) is 67.5 Å². The number of likely N-dealkylation sites (tertiary alicyclic amines) is 1. The molecule has 8 heteroatoms. The molecule has 0 aromatic carbocycles. The minimum Gasteiger partial charge on any atom is -0.465 e. The predicted molar refractivity (Wildman–Crippen MR) is 92.0 cm³/mol. The predicted octanol–water partition coefficient (Wildman–Crippen LogP) is 2.09. The summed E-state index contributed by atoms with van der Waals surface area (Å²) in [6.45, 7) is 11.5. The van der Waals surface area contributed by atoms with Gasteiger partial charge in [-0.05, 0) is 26.2 Å². The van der Waals surface area contributed by atoms with Crippen LogP contribution in [-0.4, -0.2) is 56.5 Å². The Balaban J connectivity index is 2.28. The van der Waals surface area contributed by atoms with Gasteiger partial charge in [0.05, 0.1) is 17.8 Å². The highest BCUT2D eigenvalue weighted by Gasteiger charge is 2.49. The number of nitrogens with zero attached hydrogens (tertiary/aromatic N) is 3. The largest absolute Gasteiger partial charge is 0.465 e. The van der Waals surface area contributed by atoms with Gasteiger partial charge in [0.1, 0.15) is 5.69 Å². The van der Waals surface area contributed by atoms with Gasteiger partial charge in [-0.1, -0.05) is 20.8 Å². The lowest BCUT2D eigenvalue weighted by atomic mass is 9.76. The lowest BCUT2D eigenvalue weighted by Gasteiger charge is -2.52. The summed E-state index contributed by atoms with van der Waals surface area (Å²) in [6, 6.07) is -0.689. The Kier molecular flexibility index (Phi) is 4.92. The van der Waals surface area contributed by atoms with Crippen LogP contribution in [0.3, 0.4) is 0 Å². The number of hydrogen-bond acceptors (Lipinski definition) is 4. The summed E-state index contributed by atoms with van der Waals surface area (Å²) in [6.07, 6.45) is -0.353. The minimum absolute atomic E-state index is 0.0996. The van der Waals surface area contributed by atoms with Crippen molar-refractivity contribution < 1.29 is 19.5 Å². The summed E-state index contributed by atoms with van der Waals surface area (Å²) in [5.41, 5.74) is 0.518. The Morgan fingerprint density at radius 2 is 1.96 bits per heavy atom. The summed E-state index contributed by atoms with van der Waals surface area (Å²) >= 11 is 0. The van der Waals surface area contributed by atoms with Gasteiger partial charge in [0.25, 0.3) is 5.91 Å². The molecule has 1 aliphatic rings. The zero-order chi connectivity index (χ0) is 19.1. The maximum atomic E-state index is 12.8. The molecule has 138 valence electrons. The van der Waals surface area contributed by atoms with Crippen molar-refractivity contribution >= 4 is 18.3 Å². The van der Waals surface area contributed by atoms with Gasteiger partial charge in [-0.2, -0.15) is 0 Å². The number of amides is 2. The third kappa shape index (κ3) is 3.38.